The highest BCUT2D eigenvalue weighted by Crippen LogP contribution is 2.31. The number of rotatable bonds is 1. The van der Waals surface area contributed by atoms with E-state index in [1.807, 2.05) is 36.4 Å². The number of hydrogen-bond acceptors (Lipinski definition) is 1. The Morgan fingerprint density at radius 3 is 2.67 bits per heavy atom. The summed E-state index contributed by atoms with van der Waals surface area (Å²) in [6, 6.07) is 13.9. The zero-order valence-electron chi connectivity index (χ0n) is 9.69. The molecule has 0 aliphatic carbocycles. The van der Waals surface area contributed by atoms with Crippen LogP contribution in [-0.4, -0.2) is 9.38 Å². The van der Waals surface area contributed by atoms with Gasteiger partial charge < -0.3 is 0 Å². The molecule has 0 atom stereocenters. The van der Waals surface area contributed by atoms with Gasteiger partial charge in [0.25, 0.3) is 0 Å². The number of pyridine rings is 1. The van der Waals surface area contributed by atoms with Gasteiger partial charge in [0.15, 0.2) is 0 Å². The maximum Gasteiger partial charge on any atom is 0.147 e. The zero-order valence-corrected chi connectivity index (χ0v) is 12.0. The highest BCUT2D eigenvalue weighted by molar-refractivity contribution is 9.10. The fourth-order valence-electron chi connectivity index (χ4n) is 2.08. The molecule has 0 fully saturated rings. The third-order valence-electron chi connectivity index (χ3n) is 2.93. The largest absolute Gasteiger partial charge is 0.296 e. The van der Waals surface area contributed by atoms with E-state index in [1.165, 1.54) is 0 Å². The molecular formula is C14H10BrClN2. The van der Waals surface area contributed by atoms with Gasteiger partial charge in [0, 0.05) is 11.3 Å². The molecule has 0 saturated heterocycles. The first-order valence-electron chi connectivity index (χ1n) is 5.57. The first-order valence-corrected chi connectivity index (χ1v) is 6.74. The van der Waals surface area contributed by atoms with Crippen LogP contribution >= 0.6 is 27.5 Å². The molecule has 0 amide bonds. The third-order valence-corrected chi connectivity index (χ3v) is 3.84. The minimum absolute atomic E-state index is 0.708. The van der Waals surface area contributed by atoms with E-state index in [9.17, 15) is 0 Å². The molecule has 0 aliphatic rings. The minimum atomic E-state index is 0.708. The van der Waals surface area contributed by atoms with Crippen LogP contribution < -0.4 is 0 Å². The maximum absolute atomic E-state index is 6.25. The summed E-state index contributed by atoms with van der Waals surface area (Å²) in [5.41, 5.74) is 3.11. The number of benzene rings is 1. The summed E-state index contributed by atoms with van der Waals surface area (Å²) in [4.78, 5) is 4.58. The highest BCUT2D eigenvalue weighted by atomic mass is 79.9. The summed E-state index contributed by atoms with van der Waals surface area (Å²) in [5, 5.41) is 0.708. The van der Waals surface area contributed by atoms with E-state index >= 15 is 0 Å². The van der Waals surface area contributed by atoms with Gasteiger partial charge in [-0.2, -0.15) is 0 Å². The Labute approximate surface area is 118 Å². The van der Waals surface area contributed by atoms with Gasteiger partial charge in [-0.3, -0.25) is 4.40 Å². The van der Waals surface area contributed by atoms with E-state index in [4.69, 9.17) is 11.6 Å². The smallest absolute Gasteiger partial charge is 0.147 e. The van der Waals surface area contributed by atoms with Crippen molar-refractivity contribution in [3.05, 3.63) is 57.8 Å². The molecule has 3 rings (SSSR count). The van der Waals surface area contributed by atoms with Gasteiger partial charge in [-0.25, -0.2) is 4.98 Å². The monoisotopic (exact) mass is 320 g/mol. The van der Waals surface area contributed by atoms with Crippen molar-refractivity contribution in [3.63, 3.8) is 0 Å². The SMILES string of the molecule is Cc1cccc2c(Br)nc(-c3ccccc3Cl)n12. The molecule has 2 aromatic heterocycles. The quantitative estimate of drug-likeness (QED) is 0.633. The predicted molar refractivity (Wildman–Crippen MR) is 78.1 cm³/mol. The van der Waals surface area contributed by atoms with Crippen LogP contribution in [-0.2, 0) is 0 Å². The standard InChI is InChI=1S/C14H10BrClN2/c1-9-5-4-8-12-13(15)17-14(18(9)12)10-6-2-3-7-11(10)16/h2-8H,1H3. The van der Waals surface area contributed by atoms with Crippen molar-refractivity contribution in [3.8, 4) is 11.4 Å². The van der Waals surface area contributed by atoms with Gasteiger partial charge in [0.2, 0.25) is 0 Å². The van der Waals surface area contributed by atoms with Gasteiger partial charge in [0.05, 0.1) is 10.5 Å². The molecule has 0 saturated carbocycles. The first kappa shape index (κ1) is 11.8. The molecule has 0 N–H and O–H groups in total. The lowest BCUT2D eigenvalue weighted by atomic mass is 10.2. The van der Waals surface area contributed by atoms with E-state index in [1.54, 1.807) is 0 Å². The second kappa shape index (κ2) is 4.41. The zero-order chi connectivity index (χ0) is 12.7. The number of fused-ring (bicyclic) bond motifs is 1. The van der Waals surface area contributed by atoms with Gasteiger partial charge >= 0.3 is 0 Å². The number of hydrogen-bond donors (Lipinski definition) is 0. The Bertz CT molecular complexity index is 734. The molecule has 2 heterocycles. The van der Waals surface area contributed by atoms with Crippen molar-refractivity contribution in [2.45, 2.75) is 6.92 Å². The Hall–Kier alpha value is -1.32. The van der Waals surface area contributed by atoms with E-state index < -0.39 is 0 Å². The van der Waals surface area contributed by atoms with E-state index in [0.717, 1.165) is 27.2 Å². The number of halogens is 2. The summed E-state index contributed by atoms with van der Waals surface area (Å²) < 4.78 is 2.94. The maximum atomic E-state index is 6.25. The topological polar surface area (TPSA) is 17.3 Å². The molecule has 0 unspecified atom stereocenters. The second-order valence-electron chi connectivity index (χ2n) is 4.09. The molecule has 18 heavy (non-hydrogen) atoms. The summed E-state index contributed by atoms with van der Waals surface area (Å²) in [5.74, 6) is 0.862. The van der Waals surface area contributed by atoms with E-state index in [-0.39, 0.29) is 0 Å². The number of aromatic nitrogens is 2. The average molecular weight is 322 g/mol. The molecule has 0 radical (unpaired) electrons. The molecule has 4 heteroatoms. The minimum Gasteiger partial charge on any atom is -0.296 e. The van der Waals surface area contributed by atoms with Gasteiger partial charge in [0.1, 0.15) is 10.4 Å². The van der Waals surface area contributed by atoms with Crippen LogP contribution in [0.2, 0.25) is 5.02 Å². The van der Waals surface area contributed by atoms with Crippen LogP contribution in [0.15, 0.2) is 47.1 Å². The van der Waals surface area contributed by atoms with Crippen molar-refractivity contribution in [1.82, 2.24) is 9.38 Å². The molecule has 2 nitrogen and oxygen atoms in total. The van der Waals surface area contributed by atoms with Crippen LogP contribution in [0, 0.1) is 6.92 Å². The molecule has 0 bridgehead atoms. The normalized spacial score (nSPS) is 11.1. The van der Waals surface area contributed by atoms with E-state index in [2.05, 4.69) is 38.3 Å². The van der Waals surface area contributed by atoms with Crippen molar-refractivity contribution < 1.29 is 0 Å². The van der Waals surface area contributed by atoms with Crippen LogP contribution in [0.3, 0.4) is 0 Å². The van der Waals surface area contributed by atoms with Crippen molar-refractivity contribution in [2.75, 3.05) is 0 Å². The number of nitrogens with zero attached hydrogens (tertiary/aromatic N) is 2. The van der Waals surface area contributed by atoms with Crippen LogP contribution in [0.5, 0.6) is 0 Å². The lowest BCUT2D eigenvalue weighted by molar-refractivity contribution is 1.08. The average Bonchev–Trinajstić information content (AvgIpc) is 2.69. The molecule has 3 aromatic rings. The number of aryl methyl sites for hydroxylation is 1. The van der Waals surface area contributed by atoms with E-state index in [0.29, 0.717) is 5.02 Å². The van der Waals surface area contributed by atoms with Crippen LogP contribution in [0.4, 0.5) is 0 Å². The van der Waals surface area contributed by atoms with Gasteiger partial charge in [-0.1, -0.05) is 29.8 Å². The summed E-state index contributed by atoms with van der Waals surface area (Å²) >= 11 is 9.75. The van der Waals surface area contributed by atoms with Crippen molar-refractivity contribution in [1.29, 1.82) is 0 Å². The molecule has 90 valence electrons. The third kappa shape index (κ3) is 1.74. The molecule has 1 aromatic carbocycles. The lowest BCUT2D eigenvalue weighted by Crippen LogP contribution is -1.94. The Morgan fingerprint density at radius 2 is 1.89 bits per heavy atom. The lowest BCUT2D eigenvalue weighted by Gasteiger charge is -2.06. The fraction of sp³-hybridized carbons (Fsp3) is 0.0714. The summed E-state index contributed by atoms with van der Waals surface area (Å²) in [6.45, 7) is 2.06. The Kier molecular flexibility index (Phi) is 2.88. The fourth-order valence-corrected chi connectivity index (χ4v) is 2.78. The molecule has 0 spiro atoms. The van der Waals surface area contributed by atoms with Gasteiger partial charge in [-0.15, -0.1) is 0 Å². The summed E-state index contributed by atoms with van der Waals surface area (Å²) in [7, 11) is 0. The first-order chi connectivity index (χ1) is 8.68. The van der Waals surface area contributed by atoms with Crippen LogP contribution in [0.25, 0.3) is 16.9 Å². The Morgan fingerprint density at radius 1 is 1.11 bits per heavy atom. The van der Waals surface area contributed by atoms with Crippen molar-refractivity contribution in [2.24, 2.45) is 0 Å². The second-order valence-corrected chi connectivity index (χ2v) is 5.25. The van der Waals surface area contributed by atoms with Crippen LogP contribution in [0.1, 0.15) is 5.69 Å². The number of imidazole rings is 1. The predicted octanol–water partition coefficient (Wildman–Crippen LogP) is 4.73. The Balaban J connectivity index is 2.41. The van der Waals surface area contributed by atoms with Crippen molar-refractivity contribution >= 4 is 33.0 Å². The summed E-state index contributed by atoms with van der Waals surface area (Å²) in [6.07, 6.45) is 0. The van der Waals surface area contributed by atoms with Gasteiger partial charge in [-0.05, 0) is 47.1 Å². The highest BCUT2D eigenvalue weighted by Gasteiger charge is 2.14. The molecule has 0 aliphatic heterocycles. The molecular weight excluding hydrogens is 312 g/mol.